The summed E-state index contributed by atoms with van der Waals surface area (Å²) in [5, 5.41) is 8.45. The van der Waals surface area contributed by atoms with Gasteiger partial charge in [0.2, 0.25) is 0 Å². The maximum Gasteiger partial charge on any atom is 0.187 e. The Labute approximate surface area is 180 Å². The van der Waals surface area contributed by atoms with Crippen LogP contribution in [0.15, 0.2) is 54.2 Å². The highest BCUT2D eigenvalue weighted by Crippen LogP contribution is 2.29. The second-order valence-electron chi connectivity index (χ2n) is 5.55. The second kappa shape index (κ2) is 11.5. The van der Waals surface area contributed by atoms with Crippen molar-refractivity contribution in [1.82, 2.24) is 10.7 Å². The summed E-state index contributed by atoms with van der Waals surface area (Å²) in [4.78, 5) is 0. The summed E-state index contributed by atoms with van der Waals surface area (Å²) >= 11 is 17.1. The fourth-order valence-electron chi connectivity index (χ4n) is 2.15. The highest BCUT2D eigenvalue weighted by atomic mass is 35.5. The van der Waals surface area contributed by atoms with Crippen LogP contribution in [0.25, 0.3) is 0 Å². The molecule has 0 heterocycles. The first-order valence-corrected chi connectivity index (χ1v) is 9.71. The third-order valence-electron chi connectivity index (χ3n) is 3.43. The summed E-state index contributed by atoms with van der Waals surface area (Å²) < 4.78 is 11.6. The molecule has 0 saturated carbocycles. The first-order chi connectivity index (χ1) is 13.5. The van der Waals surface area contributed by atoms with Crippen LogP contribution in [0, 0.1) is 0 Å². The van der Waals surface area contributed by atoms with Crippen LogP contribution in [0.4, 0.5) is 0 Å². The van der Waals surface area contributed by atoms with Crippen molar-refractivity contribution in [1.29, 1.82) is 0 Å². The van der Waals surface area contributed by atoms with E-state index in [1.165, 1.54) is 0 Å². The van der Waals surface area contributed by atoms with E-state index in [1.807, 2.05) is 31.2 Å². The minimum absolute atomic E-state index is 0.342. The Kier molecular flexibility index (Phi) is 9.07. The van der Waals surface area contributed by atoms with Crippen molar-refractivity contribution in [3.63, 3.8) is 0 Å². The number of nitrogens with zero attached hydrogens (tertiary/aromatic N) is 1. The number of halogens is 2. The molecule has 0 fully saturated rings. The second-order valence-corrected chi connectivity index (χ2v) is 6.77. The Bertz CT molecular complexity index is 859. The molecule has 0 aliphatic heterocycles. The van der Waals surface area contributed by atoms with E-state index in [2.05, 4.69) is 22.4 Å². The minimum Gasteiger partial charge on any atom is -0.490 e. The monoisotopic (exact) mass is 437 g/mol. The fourth-order valence-corrected chi connectivity index (χ4v) is 2.61. The molecule has 0 atom stereocenters. The molecule has 0 bridgehead atoms. The molecule has 148 valence electrons. The molecular formula is C20H21Cl2N3O2S. The fraction of sp³-hybridized carbons (Fsp3) is 0.200. The molecular weight excluding hydrogens is 417 g/mol. The molecule has 2 rings (SSSR count). The van der Waals surface area contributed by atoms with E-state index in [9.17, 15) is 0 Å². The number of hydrazone groups is 1. The Hall–Kier alpha value is -2.28. The lowest BCUT2D eigenvalue weighted by atomic mass is 10.2. The van der Waals surface area contributed by atoms with E-state index in [4.69, 9.17) is 44.9 Å². The van der Waals surface area contributed by atoms with Gasteiger partial charge in [-0.05, 0) is 60.6 Å². The van der Waals surface area contributed by atoms with Crippen LogP contribution in [-0.2, 0) is 6.61 Å². The Morgan fingerprint density at radius 2 is 1.96 bits per heavy atom. The van der Waals surface area contributed by atoms with Crippen LogP contribution >= 0.6 is 35.4 Å². The SMILES string of the molecule is C=CCNC(=S)NN=Cc1ccc(OCc2ccc(Cl)c(Cl)c2)c(OCC)c1. The zero-order valence-corrected chi connectivity index (χ0v) is 17.7. The van der Waals surface area contributed by atoms with Crippen LogP contribution in [0.3, 0.4) is 0 Å². The average molecular weight is 438 g/mol. The van der Waals surface area contributed by atoms with Gasteiger partial charge in [0.25, 0.3) is 0 Å². The third kappa shape index (κ3) is 7.03. The molecule has 28 heavy (non-hydrogen) atoms. The van der Waals surface area contributed by atoms with Crippen molar-refractivity contribution < 1.29 is 9.47 Å². The summed E-state index contributed by atoms with van der Waals surface area (Å²) in [6, 6.07) is 10.9. The summed E-state index contributed by atoms with van der Waals surface area (Å²) in [6.07, 6.45) is 3.36. The first-order valence-electron chi connectivity index (χ1n) is 8.54. The van der Waals surface area contributed by atoms with Crippen LogP contribution in [-0.4, -0.2) is 24.5 Å². The van der Waals surface area contributed by atoms with Gasteiger partial charge in [-0.25, -0.2) is 0 Å². The molecule has 0 amide bonds. The van der Waals surface area contributed by atoms with Crippen molar-refractivity contribution in [3.05, 3.63) is 70.2 Å². The topological polar surface area (TPSA) is 54.9 Å². The van der Waals surface area contributed by atoms with E-state index in [0.29, 0.717) is 46.4 Å². The van der Waals surface area contributed by atoms with E-state index >= 15 is 0 Å². The number of thiocarbonyl (C=S) groups is 1. The van der Waals surface area contributed by atoms with E-state index in [-0.39, 0.29) is 0 Å². The van der Waals surface area contributed by atoms with E-state index in [1.54, 1.807) is 24.4 Å². The molecule has 0 saturated heterocycles. The van der Waals surface area contributed by atoms with Gasteiger partial charge in [-0.1, -0.05) is 35.3 Å². The van der Waals surface area contributed by atoms with Crippen LogP contribution in [0.5, 0.6) is 11.5 Å². The van der Waals surface area contributed by atoms with Crippen molar-refractivity contribution >= 4 is 46.7 Å². The van der Waals surface area contributed by atoms with Crippen molar-refractivity contribution in [2.24, 2.45) is 5.10 Å². The maximum atomic E-state index is 6.04. The molecule has 2 aromatic carbocycles. The van der Waals surface area contributed by atoms with Gasteiger partial charge in [0.05, 0.1) is 22.9 Å². The van der Waals surface area contributed by atoms with E-state index in [0.717, 1.165) is 11.1 Å². The number of rotatable bonds is 9. The summed E-state index contributed by atoms with van der Waals surface area (Å²) in [6.45, 7) is 6.95. The highest BCUT2D eigenvalue weighted by molar-refractivity contribution is 7.80. The smallest absolute Gasteiger partial charge is 0.187 e. The lowest BCUT2D eigenvalue weighted by Crippen LogP contribution is -2.31. The lowest BCUT2D eigenvalue weighted by Gasteiger charge is -2.13. The molecule has 0 aromatic heterocycles. The largest absolute Gasteiger partial charge is 0.490 e. The zero-order chi connectivity index (χ0) is 20.4. The van der Waals surface area contributed by atoms with Gasteiger partial charge in [0.1, 0.15) is 6.61 Å². The molecule has 0 aliphatic rings. The Morgan fingerprint density at radius 1 is 1.14 bits per heavy atom. The summed E-state index contributed by atoms with van der Waals surface area (Å²) in [5.74, 6) is 1.25. The lowest BCUT2D eigenvalue weighted by molar-refractivity contribution is 0.269. The Balaban J connectivity index is 2.03. The minimum atomic E-state index is 0.342. The number of hydrogen-bond acceptors (Lipinski definition) is 4. The summed E-state index contributed by atoms with van der Waals surface area (Å²) in [5.41, 5.74) is 4.48. The van der Waals surface area contributed by atoms with Gasteiger partial charge in [-0.15, -0.1) is 6.58 Å². The van der Waals surface area contributed by atoms with Crippen LogP contribution in [0.2, 0.25) is 10.0 Å². The molecule has 5 nitrogen and oxygen atoms in total. The first kappa shape index (κ1) is 22.0. The number of hydrogen-bond donors (Lipinski definition) is 2. The van der Waals surface area contributed by atoms with Gasteiger partial charge in [-0.3, -0.25) is 5.43 Å². The van der Waals surface area contributed by atoms with E-state index < -0.39 is 0 Å². The predicted octanol–water partition coefficient (Wildman–Crippen LogP) is 4.96. The molecule has 0 unspecified atom stereocenters. The molecule has 0 radical (unpaired) electrons. The predicted molar refractivity (Wildman–Crippen MR) is 120 cm³/mol. The molecule has 8 heteroatoms. The zero-order valence-electron chi connectivity index (χ0n) is 15.4. The Morgan fingerprint density at radius 3 is 2.68 bits per heavy atom. The highest BCUT2D eigenvalue weighted by Gasteiger charge is 2.07. The molecule has 0 aliphatic carbocycles. The van der Waals surface area contributed by atoms with Gasteiger partial charge < -0.3 is 14.8 Å². The van der Waals surface area contributed by atoms with Gasteiger partial charge >= 0.3 is 0 Å². The maximum absolute atomic E-state index is 6.04. The average Bonchev–Trinajstić information content (AvgIpc) is 2.68. The standard InChI is InChI=1S/C20H21Cl2N3O2S/c1-3-9-23-20(28)25-24-12-14-6-8-18(19(11-14)26-4-2)27-13-15-5-7-16(21)17(22)10-15/h3,5-8,10-12H,1,4,9,13H2,2H3,(H2,23,25,28). The number of ether oxygens (including phenoxy) is 2. The van der Waals surface area contributed by atoms with Crippen molar-refractivity contribution in [3.8, 4) is 11.5 Å². The van der Waals surface area contributed by atoms with Crippen LogP contribution < -0.4 is 20.2 Å². The van der Waals surface area contributed by atoms with Gasteiger partial charge in [0, 0.05) is 6.54 Å². The quantitative estimate of drug-likeness (QED) is 0.251. The van der Waals surface area contributed by atoms with Crippen molar-refractivity contribution in [2.45, 2.75) is 13.5 Å². The van der Waals surface area contributed by atoms with Gasteiger partial charge in [-0.2, -0.15) is 5.10 Å². The van der Waals surface area contributed by atoms with Crippen molar-refractivity contribution in [2.75, 3.05) is 13.2 Å². The number of nitrogens with one attached hydrogen (secondary N) is 2. The van der Waals surface area contributed by atoms with Gasteiger partial charge in [0.15, 0.2) is 16.6 Å². The normalized spacial score (nSPS) is 10.5. The molecule has 0 spiro atoms. The summed E-state index contributed by atoms with van der Waals surface area (Å²) in [7, 11) is 0. The third-order valence-corrected chi connectivity index (χ3v) is 4.41. The molecule has 2 aromatic rings. The van der Waals surface area contributed by atoms with Crippen LogP contribution in [0.1, 0.15) is 18.1 Å². The molecule has 2 N–H and O–H groups in total. The number of benzene rings is 2.